The highest BCUT2D eigenvalue weighted by Gasteiger charge is 2.20. The van der Waals surface area contributed by atoms with Gasteiger partial charge in [-0.05, 0) is 56.4 Å². The molecule has 1 heterocycles. The van der Waals surface area contributed by atoms with Gasteiger partial charge in [0.1, 0.15) is 0 Å². The van der Waals surface area contributed by atoms with Crippen molar-refractivity contribution in [2.75, 3.05) is 0 Å². The maximum atomic E-state index is 4.66. The van der Waals surface area contributed by atoms with Crippen LogP contribution in [0.4, 0.5) is 0 Å². The Morgan fingerprint density at radius 3 is 2.55 bits per heavy atom. The Morgan fingerprint density at radius 1 is 1.20 bits per heavy atom. The summed E-state index contributed by atoms with van der Waals surface area (Å²) in [6.07, 6.45) is 4.73. The minimum Gasteiger partial charge on any atom is -0.308 e. The summed E-state index contributed by atoms with van der Waals surface area (Å²) < 4.78 is 2.05. The van der Waals surface area contributed by atoms with Gasteiger partial charge in [-0.3, -0.25) is 4.68 Å². The van der Waals surface area contributed by atoms with Crippen LogP contribution >= 0.6 is 0 Å². The maximum Gasteiger partial charge on any atom is 0.0762 e. The van der Waals surface area contributed by atoms with Crippen molar-refractivity contribution in [3.8, 4) is 0 Å². The quantitative estimate of drug-likeness (QED) is 0.904. The molecule has 0 amide bonds. The molecule has 0 unspecified atom stereocenters. The van der Waals surface area contributed by atoms with Crippen molar-refractivity contribution < 1.29 is 0 Å². The Labute approximate surface area is 121 Å². The van der Waals surface area contributed by atoms with Crippen LogP contribution in [-0.2, 0) is 13.1 Å². The molecule has 0 atom stereocenters. The van der Waals surface area contributed by atoms with E-state index in [-0.39, 0.29) is 0 Å². The van der Waals surface area contributed by atoms with Crippen molar-refractivity contribution in [2.24, 2.45) is 0 Å². The van der Waals surface area contributed by atoms with E-state index in [9.17, 15) is 0 Å². The minimum absolute atomic E-state index is 0.738. The first-order chi connectivity index (χ1) is 9.61. The largest absolute Gasteiger partial charge is 0.308 e. The average Bonchev–Trinajstić information content (AvgIpc) is 3.11. The van der Waals surface area contributed by atoms with Crippen molar-refractivity contribution in [3.05, 3.63) is 52.3 Å². The van der Waals surface area contributed by atoms with Crippen LogP contribution < -0.4 is 5.32 Å². The molecular formula is C17H23N3. The van der Waals surface area contributed by atoms with Crippen LogP contribution in [0.3, 0.4) is 0 Å². The monoisotopic (exact) mass is 269 g/mol. The maximum absolute atomic E-state index is 4.66. The van der Waals surface area contributed by atoms with E-state index >= 15 is 0 Å². The number of benzene rings is 1. The van der Waals surface area contributed by atoms with Gasteiger partial charge in [0.2, 0.25) is 0 Å². The zero-order valence-corrected chi connectivity index (χ0v) is 12.6. The molecule has 1 saturated carbocycles. The summed E-state index contributed by atoms with van der Waals surface area (Å²) in [5, 5.41) is 8.17. The first kappa shape index (κ1) is 13.4. The van der Waals surface area contributed by atoms with Crippen molar-refractivity contribution >= 4 is 0 Å². The number of nitrogens with zero attached hydrogens (tertiary/aromatic N) is 2. The Morgan fingerprint density at radius 2 is 1.90 bits per heavy atom. The normalized spacial score (nSPS) is 14.8. The molecule has 0 radical (unpaired) electrons. The fourth-order valence-electron chi connectivity index (χ4n) is 2.74. The minimum atomic E-state index is 0.738. The summed E-state index contributed by atoms with van der Waals surface area (Å²) in [5.41, 5.74) is 6.57. The summed E-state index contributed by atoms with van der Waals surface area (Å²) in [7, 11) is 0. The lowest BCUT2D eigenvalue weighted by Gasteiger charge is -2.11. The number of hydrogen-bond acceptors (Lipinski definition) is 2. The molecule has 1 fully saturated rings. The fraction of sp³-hybridized carbons (Fsp3) is 0.471. The van der Waals surface area contributed by atoms with Crippen molar-refractivity contribution in [1.82, 2.24) is 15.1 Å². The molecule has 1 aromatic carbocycles. The third kappa shape index (κ3) is 3.10. The van der Waals surface area contributed by atoms with Crippen molar-refractivity contribution in [1.29, 1.82) is 0 Å². The Balaban J connectivity index is 1.70. The van der Waals surface area contributed by atoms with Gasteiger partial charge in [-0.25, -0.2) is 0 Å². The lowest BCUT2D eigenvalue weighted by Crippen LogP contribution is -2.16. The molecule has 3 rings (SSSR count). The molecule has 106 valence electrons. The first-order valence-electron chi connectivity index (χ1n) is 7.44. The summed E-state index contributed by atoms with van der Waals surface area (Å²) in [4.78, 5) is 0. The standard InChI is InChI=1S/C17H23N3/c1-12-8-13(2)17(14(3)9-12)11-20-7-6-16(19-20)10-18-15-4-5-15/h6-9,15,18H,4-5,10-11H2,1-3H3. The van der Waals surface area contributed by atoms with E-state index in [0.717, 1.165) is 24.8 Å². The van der Waals surface area contributed by atoms with Crippen molar-refractivity contribution in [3.63, 3.8) is 0 Å². The van der Waals surface area contributed by atoms with Crippen LogP contribution in [-0.4, -0.2) is 15.8 Å². The fourth-order valence-corrected chi connectivity index (χ4v) is 2.74. The second-order valence-corrected chi connectivity index (χ2v) is 6.04. The van der Waals surface area contributed by atoms with E-state index in [4.69, 9.17) is 0 Å². The van der Waals surface area contributed by atoms with Gasteiger partial charge >= 0.3 is 0 Å². The zero-order valence-electron chi connectivity index (χ0n) is 12.6. The Hall–Kier alpha value is -1.61. The molecule has 0 spiro atoms. The van der Waals surface area contributed by atoms with E-state index in [1.54, 1.807) is 0 Å². The average molecular weight is 269 g/mol. The van der Waals surface area contributed by atoms with Crippen molar-refractivity contribution in [2.45, 2.75) is 52.7 Å². The molecule has 1 aliphatic carbocycles. The van der Waals surface area contributed by atoms with Crippen LogP contribution in [0.25, 0.3) is 0 Å². The van der Waals surface area contributed by atoms with Crippen LogP contribution in [0, 0.1) is 20.8 Å². The molecule has 1 aliphatic rings. The third-order valence-electron chi connectivity index (χ3n) is 4.01. The van der Waals surface area contributed by atoms with Gasteiger partial charge < -0.3 is 5.32 Å². The van der Waals surface area contributed by atoms with E-state index < -0.39 is 0 Å². The first-order valence-corrected chi connectivity index (χ1v) is 7.44. The van der Waals surface area contributed by atoms with E-state index in [1.165, 1.54) is 35.1 Å². The second-order valence-electron chi connectivity index (χ2n) is 6.04. The number of rotatable bonds is 5. The summed E-state index contributed by atoms with van der Waals surface area (Å²) in [5.74, 6) is 0. The molecular weight excluding hydrogens is 246 g/mol. The highest BCUT2D eigenvalue weighted by Crippen LogP contribution is 2.19. The number of hydrogen-bond donors (Lipinski definition) is 1. The highest BCUT2D eigenvalue weighted by molar-refractivity contribution is 5.37. The Kier molecular flexibility index (Phi) is 3.62. The third-order valence-corrected chi connectivity index (χ3v) is 4.01. The lowest BCUT2D eigenvalue weighted by molar-refractivity contribution is 0.629. The summed E-state index contributed by atoms with van der Waals surface area (Å²) in [6.45, 7) is 8.28. The molecule has 20 heavy (non-hydrogen) atoms. The van der Waals surface area contributed by atoms with Gasteiger partial charge in [-0.1, -0.05) is 17.7 Å². The molecule has 3 heteroatoms. The van der Waals surface area contributed by atoms with E-state index in [0.29, 0.717) is 0 Å². The number of aromatic nitrogens is 2. The number of aryl methyl sites for hydroxylation is 3. The predicted octanol–water partition coefficient (Wildman–Crippen LogP) is 3.11. The van der Waals surface area contributed by atoms with Crippen LogP contribution in [0.5, 0.6) is 0 Å². The smallest absolute Gasteiger partial charge is 0.0762 e. The van der Waals surface area contributed by atoms with Gasteiger partial charge in [0.05, 0.1) is 12.2 Å². The summed E-state index contributed by atoms with van der Waals surface area (Å²) >= 11 is 0. The van der Waals surface area contributed by atoms with Gasteiger partial charge in [-0.2, -0.15) is 5.10 Å². The van der Waals surface area contributed by atoms with Crippen LogP contribution in [0.15, 0.2) is 24.4 Å². The molecule has 2 aromatic rings. The van der Waals surface area contributed by atoms with E-state index in [1.807, 2.05) is 0 Å². The highest BCUT2D eigenvalue weighted by atomic mass is 15.3. The number of nitrogens with one attached hydrogen (secondary N) is 1. The van der Waals surface area contributed by atoms with Gasteiger partial charge in [0, 0.05) is 18.8 Å². The van der Waals surface area contributed by atoms with Crippen LogP contribution in [0.2, 0.25) is 0 Å². The Bertz CT molecular complexity index is 585. The van der Waals surface area contributed by atoms with Gasteiger partial charge in [-0.15, -0.1) is 0 Å². The molecule has 0 saturated heterocycles. The predicted molar refractivity (Wildman–Crippen MR) is 81.8 cm³/mol. The second kappa shape index (κ2) is 5.41. The molecule has 0 bridgehead atoms. The molecule has 0 aliphatic heterocycles. The SMILES string of the molecule is Cc1cc(C)c(Cn2ccc(CNC3CC3)n2)c(C)c1. The lowest BCUT2D eigenvalue weighted by atomic mass is 10.00. The van der Waals surface area contributed by atoms with Crippen LogP contribution in [0.1, 0.15) is 40.8 Å². The van der Waals surface area contributed by atoms with Gasteiger partial charge in [0.25, 0.3) is 0 Å². The summed E-state index contributed by atoms with van der Waals surface area (Å²) in [6, 6.07) is 7.36. The van der Waals surface area contributed by atoms with Gasteiger partial charge in [0.15, 0.2) is 0 Å². The molecule has 3 nitrogen and oxygen atoms in total. The topological polar surface area (TPSA) is 29.9 Å². The zero-order chi connectivity index (χ0) is 14.1. The molecule has 1 aromatic heterocycles. The van der Waals surface area contributed by atoms with E-state index in [2.05, 4.69) is 60.3 Å². The molecule has 1 N–H and O–H groups in total.